The van der Waals surface area contributed by atoms with Gasteiger partial charge in [-0.15, -0.1) is 0 Å². The lowest BCUT2D eigenvalue weighted by atomic mass is 10.0. The van der Waals surface area contributed by atoms with Crippen molar-refractivity contribution in [1.82, 2.24) is 14.9 Å². The Hall–Kier alpha value is -0.740. The second kappa shape index (κ2) is 3.44. The van der Waals surface area contributed by atoms with Gasteiger partial charge in [-0.3, -0.25) is 0 Å². The average molecular weight is 216 g/mol. The predicted molar refractivity (Wildman–Crippen MR) is 54.8 cm³/mol. The normalized spacial score (nSPS) is 19.1. The SMILES string of the molecule is CCn1cnc(Cl)c1OC1(C)CNC1. The molecule has 2 heterocycles. The highest BCUT2D eigenvalue weighted by Crippen LogP contribution is 2.28. The van der Waals surface area contributed by atoms with E-state index in [1.165, 1.54) is 0 Å². The third-order valence-electron chi connectivity index (χ3n) is 2.43. The summed E-state index contributed by atoms with van der Waals surface area (Å²) in [6.07, 6.45) is 1.70. The summed E-state index contributed by atoms with van der Waals surface area (Å²) in [5, 5.41) is 3.62. The monoisotopic (exact) mass is 215 g/mol. The van der Waals surface area contributed by atoms with Crippen molar-refractivity contribution in [2.75, 3.05) is 13.1 Å². The van der Waals surface area contributed by atoms with Crippen molar-refractivity contribution in [3.63, 3.8) is 0 Å². The van der Waals surface area contributed by atoms with E-state index in [9.17, 15) is 0 Å². The lowest BCUT2D eigenvalue weighted by Gasteiger charge is -2.39. The largest absolute Gasteiger partial charge is 0.468 e. The van der Waals surface area contributed by atoms with Crippen molar-refractivity contribution < 1.29 is 4.74 Å². The molecule has 5 heteroatoms. The van der Waals surface area contributed by atoms with E-state index in [-0.39, 0.29) is 5.60 Å². The summed E-state index contributed by atoms with van der Waals surface area (Å²) in [5.74, 6) is 0.679. The number of imidazole rings is 1. The van der Waals surface area contributed by atoms with Crippen LogP contribution in [0.3, 0.4) is 0 Å². The summed E-state index contributed by atoms with van der Waals surface area (Å²) >= 11 is 5.93. The van der Waals surface area contributed by atoms with Crippen LogP contribution in [0.15, 0.2) is 6.33 Å². The van der Waals surface area contributed by atoms with Crippen LogP contribution in [0, 0.1) is 0 Å². The van der Waals surface area contributed by atoms with Crippen LogP contribution in [-0.2, 0) is 6.54 Å². The molecule has 0 amide bonds. The molecule has 14 heavy (non-hydrogen) atoms. The van der Waals surface area contributed by atoms with E-state index in [1.54, 1.807) is 6.33 Å². The maximum atomic E-state index is 5.93. The first kappa shape index (κ1) is 9.80. The van der Waals surface area contributed by atoms with Crippen LogP contribution >= 0.6 is 11.6 Å². The zero-order chi connectivity index (χ0) is 10.2. The van der Waals surface area contributed by atoms with Gasteiger partial charge in [0.1, 0.15) is 5.60 Å². The van der Waals surface area contributed by atoms with Crippen LogP contribution in [0.1, 0.15) is 13.8 Å². The molecule has 0 saturated carbocycles. The number of nitrogens with zero attached hydrogens (tertiary/aromatic N) is 2. The molecule has 1 saturated heterocycles. The average Bonchev–Trinajstić information content (AvgIpc) is 2.45. The standard InChI is InChI=1S/C9H14ClN3O/c1-3-13-6-12-7(10)8(13)14-9(2)4-11-5-9/h6,11H,3-5H2,1-2H3. The Bertz CT molecular complexity index is 333. The number of hydrogen-bond donors (Lipinski definition) is 1. The molecular weight excluding hydrogens is 202 g/mol. The quantitative estimate of drug-likeness (QED) is 0.826. The van der Waals surface area contributed by atoms with Gasteiger partial charge in [-0.2, -0.15) is 0 Å². The molecule has 0 radical (unpaired) electrons. The lowest BCUT2D eigenvalue weighted by molar-refractivity contribution is 0.0270. The highest BCUT2D eigenvalue weighted by Gasteiger charge is 2.35. The molecule has 1 aliphatic rings. The molecule has 2 rings (SSSR count). The zero-order valence-electron chi connectivity index (χ0n) is 8.38. The van der Waals surface area contributed by atoms with Crippen LogP contribution in [0.4, 0.5) is 0 Å². The third-order valence-corrected chi connectivity index (χ3v) is 2.69. The number of nitrogens with one attached hydrogen (secondary N) is 1. The van der Waals surface area contributed by atoms with E-state index in [1.807, 2.05) is 11.5 Å². The molecule has 1 aromatic rings. The Kier molecular flexibility index (Phi) is 2.41. The third kappa shape index (κ3) is 1.60. The summed E-state index contributed by atoms with van der Waals surface area (Å²) in [7, 11) is 0. The molecule has 1 fully saturated rings. The number of ether oxygens (including phenoxy) is 1. The van der Waals surface area contributed by atoms with E-state index < -0.39 is 0 Å². The number of aromatic nitrogens is 2. The van der Waals surface area contributed by atoms with Crippen LogP contribution in [-0.4, -0.2) is 28.2 Å². The van der Waals surface area contributed by atoms with Gasteiger partial charge in [-0.05, 0) is 13.8 Å². The molecule has 0 aliphatic carbocycles. The van der Waals surface area contributed by atoms with Crippen LogP contribution in [0.25, 0.3) is 0 Å². The van der Waals surface area contributed by atoms with Gasteiger partial charge in [0.15, 0.2) is 5.15 Å². The summed E-state index contributed by atoms with van der Waals surface area (Å²) in [6.45, 7) is 6.63. The summed E-state index contributed by atoms with van der Waals surface area (Å²) < 4.78 is 7.75. The Morgan fingerprint density at radius 1 is 1.71 bits per heavy atom. The first-order valence-electron chi connectivity index (χ1n) is 4.75. The van der Waals surface area contributed by atoms with Crippen molar-refractivity contribution in [3.05, 3.63) is 11.5 Å². The Labute approximate surface area is 88.2 Å². The molecule has 4 nitrogen and oxygen atoms in total. The van der Waals surface area contributed by atoms with E-state index >= 15 is 0 Å². The minimum Gasteiger partial charge on any atom is -0.468 e. The summed E-state index contributed by atoms with van der Waals surface area (Å²) in [5.41, 5.74) is -0.128. The van der Waals surface area contributed by atoms with E-state index in [2.05, 4.69) is 17.2 Å². The summed E-state index contributed by atoms with van der Waals surface area (Å²) in [4.78, 5) is 4.01. The molecule has 0 bridgehead atoms. The highest BCUT2D eigenvalue weighted by atomic mass is 35.5. The summed E-state index contributed by atoms with van der Waals surface area (Å²) in [6, 6.07) is 0. The van der Waals surface area contributed by atoms with E-state index in [0.717, 1.165) is 19.6 Å². The van der Waals surface area contributed by atoms with Crippen LogP contribution in [0.2, 0.25) is 5.15 Å². The first-order valence-corrected chi connectivity index (χ1v) is 5.13. The van der Waals surface area contributed by atoms with Gasteiger partial charge in [-0.1, -0.05) is 11.6 Å². The Morgan fingerprint density at radius 2 is 2.43 bits per heavy atom. The molecule has 0 aromatic carbocycles. The van der Waals surface area contributed by atoms with Gasteiger partial charge in [0.05, 0.1) is 6.33 Å². The van der Waals surface area contributed by atoms with Gasteiger partial charge in [0, 0.05) is 19.6 Å². The van der Waals surface area contributed by atoms with Gasteiger partial charge in [0.2, 0.25) is 5.88 Å². The maximum Gasteiger partial charge on any atom is 0.234 e. The minimum atomic E-state index is -0.128. The van der Waals surface area contributed by atoms with Crippen molar-refractivity contribution >= 4 is 11.6 Å². The van der Waals surface area contributed by atoms with Crippen LogP contribution < -0.4 is 10.1 Å². The van der Waals surface area contributed by atoms with Crippen LogP contribution in [0.5, 0.6) is 5.88 Å². The second-order valence-electron chi connectivity index (χ2n) is 3.78. The fourth-order valence-corrected chi connectivity index (χ4v) is 1.65. The number of hydrogen-bond acceptors (Lipinski definition) is 3. The van der Waals surface area contributed by atoms with E-state index in [0.29, 0.717) is 11.0 Å². The molecule has 1 N–H and O–H groups in total. The van der Waals surface area contributed by atoms with Gasteiger partial charge in [0.25, 0.3) is 0 Å². The van der Waals surface area contributed by atoms with Crippen molar-refractivity contribution in [2.24, 2.45) is 0 Å². The smallest absolute Gasteiger partial charge is 0.234 e. The number of aryl methyl sites for hydroxylation is 1. The lowest BCUT2D eigenvalue weighted by Crippen LogP contribution is -2.61. The molecule has 0 unspecified atom stereocenters. The highest BCUT2D eigenvalue weighted by molar-refractivity contribution is 6.30. The van der Waals surface area contributed by atoms with Gasteiger partial charge in [-0.25, -0.2) is 4.98 Å². The Morgan fingerprint density at radius 3 is 2.93 bits per heavy atom. The predicted octanol–water partition coefficient (Wildman–Crippen LogP) is 1.30. The Balaban J connectivity index is 2.18. The fraction of sp³-hybridized carbons (Fsp3) is 0.667. The van der Waals surface area contributed by atoms with Crippen molar-refractivity contribution in [1.29, 1.82) is 0 Å². The second-order valence-corrected chi connectivity index (χ2v) is 4.14. The minimum absolute atomic E-state index is 0.128. The molecule has 1 aliphatic heterocycles. The molecule has 1 aromatic heterocycles. The van der Waals surface area contributed by atoms with Crippen molar-refractivity contribution in [2.45, 2.75) is 26.0 Å². The molecule has 78 valence electrons. The van der Waals surface area contributed by atoms with Gasteiger partial charge >= 0.3 is 0 Å². The number of rotatable bonds is 3. The van der Waals surface area contributed by atoms with Gasteiger partial charge < -0.3 is 14.6 Å². The molecule has 0 atom stereocenters. The number of halogens is 1. The fourth-order valence-electron chi connectivity index (χ4n) is 1.46. The first-order chi connectivity index (χ1) is 6.64. The van der Waals surface area contributed by atoms with Crippen molar-refractivity contribution in [3.8, 4) is 5.88 Å². The van der Waals surface area contributed by atoms with E-state index in [4.69, 9.17) is 16.3 Å². The molecule has 0 spiro atoms. The topological polar surface area (TPSA) is 39.1 Å². The molecular formula is C9H14ClN3O. The zero-order valence-corrected chi connectivity index (χ0v) is 9.14. The maximum absolute atomic E-state index is 5.93.